The quantitative estimate of drug-likeness (QED) is 0.358. The molecular weight excluding hydrogens is 468 g/mol. The van der Waals surface area contributed by atoms with Gasteiger partial charge in [-0.2, -0.15) is 0 Å². The van der Waals surface area contributed by atoms with Crippen LogP contribution in [0.4, 0.5) is 16.5 Å². The third-order valence-corrected chi connectivity index (χ3v) is 7.72. The average molecular weight is 495 g/mol. The largest absolute Gasteiger partial charge is 0.330 e. The Hall–Kier alpha value is -3.37. The highest BCUT2D eigenvalue weighted by atomic mass is 32.2. The van der Waals surface area contributed by atoms with Crippen molar-refractivity contribution in [2.75, 3.05) is 10.6 Å². The molecule has 0 aliphatic heterocycles. The predicted octanol–water partition coefficient (Wildman–Crippen LogP) is 4.82. The molecule has 0 radical (unpaired) electrons. The van der Waals surface area contributed by atoms with E-state index in [-0.39, 0.29) is 17.2 Å². The topological polar surface area (TPSA) is 93.8 Å². The van der Waals surface area contributed by atoms with Gasteiger partial charge in [0.1, 0.15) is 5.69 Å². The summed E-state index contributed by atoms with van der Waals surface area (Å²) in [6.45, 7) is 7.71. The fraction of sp³-hybridized carbons (Fsp3) is 0.250. The SMILES string of the molecule is Cc1cccc(Nc2nnc(SC(C)C(=O)Nc3c(C)n(C)n(-c4ccccc4)c3=O)s2)c1C. The van der Waals surface area contributed by atoms with Crippen molar-refractivity contribution in [1.29, 1.82) is 0 Å². The summed E-state index contributed by atoms with van der Waals surface area (Å²) in [4.78, 5) is 26.0. The summed E-state index contributed by atoms with van der Waals surface area (Å²) in [5.41, 5.74) is 4.74. The van der Waals surface area contributed by atoms with Gasteiger partial charge in [0.2, 0.25) is 11.0 Å². The van der Waals surface area contributed by atoms with Crippen molar-refractivity contribution in [1.82, 2.24) is 19.6 Å². The van der Waals surface area contributed by atoms with Crippen molar-refractivity contribution in [2.24, 2.45) is 7.05 Å². The molecule has 0 spiro atoms. The smallest absolute Gasteiger partial charge is 0.295 e. The van der Waals surface area contributed by atoms with Crippen molar-refractivity contribution in [3.05, 3.63) is 75.7 Å². The van der Waals surface area contributed by atoms with E-state index in [4.69, 9.17) is 0 Å². The number of anilines is 3. The molecule has 0 fully saturated rings. The van der Waals surface area contributed by atoms with E-state index >= 15 is 0 Å². The Bertz CT molecular complexity index is 1390. The molecule has 4 rings (SSSR count). The number of nitrogens with zero attached hydrogens (tertiary/aromatic N) is 4. The Labute approximate surface area is 206 Å². The van der Waals surface area contributed by atoms with E-state index in [2.05, 4.69) is 40.7 Å². The van der Waals surface area contributed by atoms with Gasteiger partial charge in [-0.3, -0.25) is 14.3 Å². The first-order valence-corrected chi connectivity index (χ1v) is 12.4. The van der Waals surface area contributed by atoms with E-state index in [0.29, 0.717) is 15.2 Å². The molecule has 0 saturated carbocycles. The van der Waals surface area contributed by atoms with Crippen molar-refractivity contribution in [2.45, 2.75) is 37.3 Å². The summed E-state index contributed by atoms with van der Waals surface area (Å²) in [6.07, 6.45) is 0. The monoisotopic (exact) mass is 494 g/mol. The second-order valence-electron chi connectivity index (χ2n) is 7.93. The van der Waals surface area contributed by atoms with Crippen LogP contribution in [0.25, 0.3) is 5.69 Å². The Morgan fingerprint density at radius 2 is 1.79 bits per heavy atom. The second kappa shape index (κ2) is 9.86. The van der Waals surface area contributed by atoms with Gasteiger partial charge in [0.25, 0.3) is 5.56 Å². The lowest BCUT2D eigenvalue weighted by molar-refractivity contribution is -0.115. The fourth-order valence-corrected chi connectivity index (χ4v) is 5.36. The second-order valence-corrected chi connectivity index (χ2v) is 10.5. The van der Waals surface area contributed by atoms with Crippen LogP contribution in [0, 0.1) is 20.8 Å². The third kappa shape index (κ3) is 4.78. The number of hydrogen-bond acceptors (Lipinski definition) is 7. The molecule has 2 aromatic carbocycles. The number of thioether (sulfide) groups is 1. The lowest BCUT2D eigenvalue weighted by Gasteiger charge is -2.09. The Balaban J connectivity index is 1.45. The maximum absolute atomic E-state index is 13.0. The molecule has 1 atom stereocenters. The van der Waals surface area contributed by atoms with E-state index in [9.17, 15) is 9.59 Å². The summed E-state index contributed by atoms with van der Waals surface area (Å²) in [5, 5.41) is 14.7. The molecule has 4 aromatic rings. The number of aromatic nitrogens is 4. The van der Waals surface area contributed by atoms with Crippen LogP contribution in [-0.4, -0.2) is 30.7 Å². The number of aryl methyl sites for hydroxylation is 1. The van der Waals surface area contributed by atoms with Crippen LogP contribution in [0.2, 0.25) is 0 Å². The van der Waals surface area contributed by atoms with Crippen molar-refractivity contribution >= 4 is 45.5 Å². The molecule has 8 nitrogen and oxygen atoms in total. The van der Waals surface area contributed by atoms with E-state index < -0.39 is 5.25 Å². The zero-order chi connectivity index (χ0) is 24.4. The molecule has 10 heteroatoms. The lowest BCUT2D eigenvalue weighted by Crippen LogP contribution is -2.27. The van der Waals surface area contributed by atoms with E-state index in [1.54, 1.807) is 23.3 Å². The minimum atomic E-state index is -0.467. The fourth-order valence-electron chi connectivity index (χ4n) is 3.45. The maximum atomic E-state index is 13.0. The molecule has 1 unspecified atom stereocenters. The van der Waals surface area contributed by atoms with Crippen molar-refractivity contribution < 1.29 is 4.79 Å². The molecule has 0 saturated heterocycles. The molecule has 2 N–H and O–H groups in total. The molecule has 0 bridgehead atoms. The molecular formula is C24H26N6O2S2. The number of para-hydroxylation sites is 1. The predicted molar refractivity (Wildman–Crippen MR) is 139 cm³/mol. The maximum Gasteiger partial charge on any atom is 0.295 e. The molecule has 34 heavy (non-hydrogen) atoms. The molecule has 2 aromatic heterocycles. The number of carbonyl (C=O) groups excluding carboxylic acids is 1. The first-order chi connectivity index (χ1) is 16.3. The van der Waals surface area contributed by atoms with Crippen LogP contribution in [0.1, 0.15) is 23.7 Å². The molecule has 0 aliphatic carbocycles. The third-order valence-electron chi connectivity index (χ3n) is 5.70. The minimum Gasteiger partial charge on any atom is -0.330 e. The minimum absolute atomic E-state index is 0.268. The number of rotatable bonds is 7. The van der Waals surface area contributed by atoms with Gasteiger partial charge >= 0.3 is 0 Å². The Morgan fingerprint density at radius 3 is 2.53 bits per heavy atom. The van der Waals surface area contributed by atoms with Crippen LogP contribution in [0.5, 0.6) is 0 Å². The zero-order valence-electron chi connectivity index (χ0n) is 19.6. The zero-order valence-corrected chi connectivity index (χ0v) is 21.3. The summed E-state index contributed by atoms with van der Waals surface area (Å²) >= 11 is 2.69. The summed E-state index contributed by atoms with van der Waals surface area (Å²) in [5.74, 6) is -0.268. The van der Waals surface area contributed by atoms with Crippen LogP contribution in [0.3, 0.4) is 0 Å². The summed E-state index contributed by atoms with van der Waals surface area (Å²) in [7, 11) is 1.79. The summed E-state index contributed by atoms with van der Waals surface area (Å²) < 4.78 is 3.95. The highest BCUT2D eigenvalue weighted by Gasteiger charge is 2.22. The van der Waals surface area contributed by atoms with E-state index in [1.807, 2.05) is 49.4 Å². The van der Waals surface area contributed by atoms with Gasteiger partial charge in [-0.25, -0.2) is 4.68 Å². The number of hydrogen-bond donors (Lipinski definition) is 2. The number of amides is 1. The van der Waals surface area contributed by atoms with Crippen molar-refractivity contribution in [3.8, 4) is 5.69 Å². The van der Waals surface area contributed by atoms with Crippen molar-refractivity contribution in [3.63, 3.8) is 0 Å². The van der Waals surface area contributed by atoms with Crippen LogP contribution in [-0.2, 0) is 11.8 Å². The van der Waals surface area contributed by atoms with Gasteiger partial charge in [0.15, 0.2) is 4.34 Å². The summed E-state index contributed by atoms with van der Waals surface area (Å²) in [6, 6.07) is 15.4. The molecule has 176 valence electrons. The number of benzene rings is 2. The van der Waals surface area contributed by atoms with Gasteiger partial charge in [-0.1, -0.05) is 53.4 Å². The first-order valence-electron chi connectivity index (χ1n) is 10.7. The van der Waals surface area contributed by atoms with Gasteiger partial charge in [-0.15, -0.1) is 10.2 Å². The number of nitrogens with one attached hydrogen (secondary N) is 2. The normalized spacial score (nSPS) is 11.9. The highest BCUT2D eigenvalue weighted by molar-refractivity contribution is 8.02. The van der Waals surface area contributed by atoms with Gasteiger partial charge in [0.05, 0.1) is 16.6 Å². The lowest BCUT2D eigenvalue weighted by atomic mass is 10.1. The Kier molecular flexibility index (Phi) is 6.90. The molecule has 1 amide bonds. The van der Waals surface area contributed by atoms with E-state index in [1.165, 1.54) is 28.7 Å². The van der Waals surface area contributed by atoms with Gasteiger partial charge in [0, 0.05) is 12.7 Å². The number of carbonyl (C=O) groups is 1. The molecule has 2 heterocycles. The van der Waals surface area contributed by atoms with Crippen LogP contribution >= 0.6 is 23.1 Å². The van der Waals surface area contributed by atoms with Gasteiger partial charge < -0.3 is 10.6 Å². The Morgan fingerprint density at radius 1 is 1.06 bits per heavy atom. The molecule has 0 aliphatic rings. The van der Waals surface area contributed by atoms with Crippen LogP contribution < -0.4 is 16.2 Å². The van der Waals surface area contributed by atoms with E-state index in [0.717, 1.165) is 16.9 Å². The van der Waals surface area contributed by atoms with Gasteiger partial charge in [-0.05, 0) is 57.0 Å². The standard InChI is InChI=1S/C24H26N6O2S2/c1-14-10-9-13-19(15(14)2)25-23-27-28-24(34-23)33-17(4)21(31)26-20-16(3)29(5)30(22(20)32)18-11-7-6-8-12-18/h6-13,17H,1-5H3,(H,25,27)(H,26,31). The average Bonchev–Trinajstić information content (AvgIpc) is 3.34. The highest BCUT2D eigenvalue weighted by Crippen LogP contribution is 2.32. The first kappa shape index (κ1) is 23.8. The van der Waals surface area contributed by atoms with Crippen LogP contribution in [0.15, 0.2) is 57.7 Å².